The van der Waals surface area contributed by atoms with Crippen molar-refractivity contribution < 1.29 is 19.4 Å². The van der Waals surface area contributed by atoms with Crippen LogP contribution in [-0.2, 0) is 22.5 Å². The minimum Gasteiger partial charge on any atom is -0.480 e. The normalized spacial score (nSPS) is 11.7. The number of hydrogen-bond acceptors (Lipinski definition) is 4. The Morgan fingerprint density at radius 2 is 2.12 bits per heavy atom. The average Bonchev–Trinajstić information content (AvgIpc) is 3.04. The molecule has 1 unspecified atom stereocenters. The fourth-order valence-electron chi connectivity index (χ4n) is 2.55. The number of rotatable bonds is 10. The highest BCUT2D eigenvalue weighted by Gasteiger charge is 2.24. The van der Waals surface area contributed by atoms with E-state index in [0.717, 1.165) is 11.3 Å². The summed E-state index contributed by atoms with van der Waals surface area (Å²) in [5.74, 6) is -1.63. The first-order valence-electron chi connectivity index (χ1n) is 8.37. The third kappa shape index (κ3) is 5.03. The van der Waals surface area contributed by atoms with E-state index in [0.29, 0.717) is 18.5 Å². The molecule has 0 bridgehead atoms. The largest absolute Gasteiger partial charge is 0.480 e. The first kappa shape index (κ1) is 19.4. The van der Waals surface area contributed by atoms with E-state index in [2.05, 4.69) is 17.0 Å². The Bertz CT molecular complexity index is 755. The van der Waals surface area contributed by atoms with Crippen molar-refractivity contribution in [2.45, 2.75) is 25.9 Å². The van der Waals surface area contributed by atoms with Crippen molar-refractivity contribution in [2.75, 3.05) is 13.2 Å². The predicted octanol–water partition coefficient (Wildman–Crippen LogP) is 1.88. The molecule has 7 nitrogen and oxygen atoms in total. The number of carbonyl (C=O) groups is 2. The van der Waals surface area contributed by atoms with E-state index in [1.54, 1.807) is 4.68 Å². The second-order valence-corrected chi connectivity index (χ2v) is 5.69. The summed E-state index contributed by atoms with van der Waals surface area (Å²) >= 11 is 0. The van der Waals surface area contributed by atoms with Crippen LogP contribution in [0.3, 0.4) is 0 Å². The molecule has 0 aliphatic carbocycles. The zero-order valence-corrected chi connectivity index (χ0v) is 14.7. The van der Waals surface area contributed by atoms with Crippen LogP contribution in [0.2, 0.25) is 0 Å². The lowest BCUT2D eigenvalue weighted by atomic mass is 10.1. The van der Waals surface area contributed by atoms with Gasteiger partial charge in [0.25, 0.3) is 5.91 Å². The van der Waals surface area contributed by atoms with Crippen molar-refractivity contribution in [3.05, 3.63) is 66.0 Å². The molecule has 1 atom stereocenters. The Balaban J connectivity index is 2.12. The van der Waals surface area contributed by atoms with Crippen LogP contribution in [0.15, 0.2) is 49.2 Å². The summed E-state index contributed by atoms with van der Waals surface area (Å²) in [5.41, 5.74) is 2.19. The standard InChI is InChI=1S/C19H23N3O4/c1-3-10-26-13-16(19(24)25)21-18(23)15-11-20-22(17(15)4-2)12-14-8-6-5-7-9-14/h3,5-9,11,16H,1,4,10,12-13H2,2H3,(H,21,23)(H,24,25). The summed E-state index contributed by atoms with van der Waals surface area (Å²) < 4.78 is 6.91. The lowest BCUT2D eigenvalue weighted by Crippen LogP contribution is -2.44. The van der Waals surface area contributed by atoms with E-state index in [4.69, 9.17) is 4.74 Å². The van der Waals surface area contributed by atoms with Gasteiger partial charge in [0.05, 0.1) is 37.2 Å². The Kier molecular flexibility index (Phi) is 7.11. The monoisotopic (exact) mass is 357 g/mol. The van der Waals surface area contributed by atoms with Gasteiger partial charge < -0.3 is 15.2 Å². The van der Waals surface area contributed by atoms with Crippen LogP contribution < -0.4 is 5.32 Å². The van der Waals surface area contributed by atoms with Gasteiger partial charge in [-0.15, -0.1) is 6.58 Å². The maximum atomic E-state index is 12.5. The van der Waals surface area contributed by atoms with Gasteiger partial charge >= 0.3 is 5.97 Å². The van der Waals surface area contributed by atoms with Crippen molar-refractivity contribution >= 4 is 11.9 Å². The van der Waals surface area contributed by atoms with Gasteiger partial charge in [-0.25, -0.2) is 4.79 Å². The number of aromatic nitrogens is 2. The molecule has 26 heavy (non-hydrogen) atoms. The lowest BCUT2D eigenvalue weighted by Gasteiger charge is -2.14. The van der Waals surface area contributed by atoms with Gasteiger partial charge in [-0.2, -0.15) is 5.10 Å². The molecule has 1 aromatic heterocycles. The second kappa shape index (κ2) is 9.53. The molecular weight excluding hydrogens is 334 g/mol. The first-order valence-corrected chi connectivity index (χ1v) is 8.37. The van der Waals surface area contributed by atoms with Crippen molar-refractivity contribution in [1.82, 2.24) is 15.1 Å². The van der Waals surface area contributed by atoms with Crippen LogP contribution >= 0.6 is 0 Å². The molecule has 0 saturated heterocycles. The second-order valence-electron chi connectivity index (χ2n) is 5.69. The molecule has 0 aliphatic heterocycles. The van der Waals surface area contributed by atoms with Crippen molar-refractivity contribution in [3.8, 4) is 0 Å². The van der Waals surface area contributed by atoms with Gasteiger partial charge in [-0.1, -0.05) is 43.3 Å². The Labute approximate surface area is 152 Å². The van der Waals surface area contributed by atoms with Crippen LogP contribution in [0, 0.1) is 0 Å². The Morgan fingerprint density at radius 3 is 2.73 bits per heavy atom. The highest BCUT2D eigenvalue weighted by Crippen LogP contribution is 2.12. The number of nitrogens with one attached hydrogen (secondary N) is 1. The molecule has 0 saturated carbocycles. The fourth-order valence-corrected chi connectivity index (χ4v) is 2.55. The third-order valence-corrected chi connectivity index (χ3v) is 3.83. The first-order chi connectivity index (χ1) is 12.6. The minimum atomic E-state index is -1.16. The van der Waals surface area contributed by atoms with E-state index < -0.39 is 17.9 Å². The highest BCUT2D eigenvalue weighted by atomic mass is 16.5. The van der Waals surface area contributed by atoms with E-state index >= 15 is 0 Å². The van der Waals surface area contributed by atoms with Gasteiger partial charge in [-0.3, -0.25) is 9.48 Å². The SMILES string of the molecule is C=CCOCC(NC(=O)c1cnn(Cc2ccccc2)c1CC)C(=O)O. The summed E-state index contributed by atoms with van der Waals surface area (Å²) in [7, 11) is 0. The number of carboxylic acids is 1. The van der Waals surface area contributed by atoms with Gasteiger partial charge in [0.1, 0.15) is 0 Å². The average molecular weight is 357 g/mol. The Hall–Kier alpha value is -2.93. The maximum Gasteiger partial charge on any atom is 0.328 e. The summed E-state index contributed by atoms with van der Waals surface area (Å²) in [5, 5.41) is 16.0. The maximum absolute atomic E-state index is 12.5. The molecular formula is C19H23N3O4. The number of ether oxygens (including phenoxy) is 1. The number of hydrogen-bond donors (Lipinski definition) is 2. The van der Waals surface area contributed by atoms with Crippen molar-refractivity contribution in [3.63, 3.8) is 0 Å². The lowest BCUT2D eigenvalue weighted by molar-refractivity contribution is -0.140. The smallest absolute Gasteiger partial charge is 0.328 e. The van der Waals surface area contributed by atoms with E-state index in [-0.39, 0.29) is 13.2 Å². The summed E-state index contributed by atoms with van der Waals surface area (Å²) in [6.07, 6.45) is 3.59. The zero-order chi connectivity index (χ0) is 18.9. The van der Waals surface area contributed by atoms with Gasteiger partial charge in [-0.05, 0) is 12.0 Å². The molecule has 138 valence electrons. The molecule has 1 amide bonds. The van der Waals surface area contributed by atoms with E-state index in [1.165, 1.54) is 12.3 Å². The van der Waals surface area contributed by atoms with Gasteiger partial charge in [0, 0.05) is 0 Å². The van der Waals surface area contributed by atoms with Crippen LogP contribution in [0.5, 0.6) is 0 Å². The molecule has 0 radical (unpaired) electrons. The molecule has 0 fully saturated rings. The van der Waals surface area contributed by atoms with Gasteiger partial charge in [0.15, 0.2) is 6.04 Å². The minimum absolute atomic E-state index is 0.132. The fraction of sp³-hybridized carbons (Fsp3) is 0.316. The Morgan fingerprint density at radius 1 is 1.38 bits per heavy atom. The number of amides is 1. The quantitative estimate of drug-likeness (QED) is 0.500. The number of benzene rings is 1. The molecule has 0 aliphatic rings. The molecule has 0 spiro atoms. The molecule has 2 N–H and O–H groups in total. The zero-order valence-electron chi connectivity index (χ0n) is 14.7. The number of carbonyl (C=O) groups excluding carboxylic acids is 1. The van der Waals surface area contributed by atoms with E-state index in [1.807, 2.05) is 37.3 Å². The molecule has 7 heteroatoms. The van der Waals surface area contributed by atoms with Crippen LogP contribution in [-0.4, -0.2) is 46.0 Å². The highest BCUT2D eigenvalue weighted by molar-refractivity contribution is 5.97. The van der Waals surface area contributed by atoms with Crippen LogP contribution in [0.4, 0.5) is 0 Å². The number of carboxylic acid groups (broad SMARTS) is 1. The molecule has 1 heterocycles. The van der Waals surface area contributed by atoms with Crippen LogP contribution in [0.25, 0.3) is 0 Å². The summed E-state index contributed by atoms with van der Waals surface area (Å²) in [4.78, 5) is 23.9. The number of nitrogens with zero attached hydrogens (tertiary/aromatic N) is 2. The molecule has 1 aromatic carbocycles. The van der Waals surface area contributed by atoms with Crippen LogP contribution in [0.1, 0.15) is 28.5 Å². The van der Waals surface area contributed by atoms with E-state index in [9.17, 15) is 14.7 Å². The summed E-state index contributed by atoms with van der Waals surface area (Å²) in [6, 6.07) is 8.66. The summed E-state index contributed by atoms with van der Waals surface area (Å²) in [6.45, 7) is 6.06. The number of aliphatic carboxylic acids is 1. The third-order valence-electron chi connectivity index (χ3n) is 3.83. The predicted molar refractivity (Wildman–Crippen MR) is 97.1 cm³/mol. The molecule has 2 rings (SSSR count). The van der Waals surface area contributed by atoms with Crippen molar-refractivity contribution in [1.29, 1.82) is 0 Å². The van der Waals surface area contributed by atoms with Gasteiger partial charge in [0.2, 0.25) is 0 Å². The topological polar surface area (TPSA) is 93.5 Å². The van der Waals surface area contributed by atoms with Crippen molar-refractivity contribution in [2.24, 2.45) is 0 Å². The molecule has 2 aromatic rings.